The lowest BCUT2D eigenvalue weighted by molar-refractivity contribution is -0.0718. The largest absolute Gasteiger partial charge is 0.463 e. The van der Waals surface area contributed by atoms with Crippen LogP contribution in [-0.4, -0.2) is 35.7 Å². The molecule has 1 saturated heterocycles. The second-order valence-electron chi connectivity index (χ2n) is 6.92. The zero-order chi connectivity index (χ0) is 14.8. The van der Waals surface area contributed by atoms with Crippen LogP contribution in [0.5, 0.6) is 0 Å². The lowest BCUT2D eigenvalue weighted by Crippen LogP contribution is -2.44. The van der Waals surface area contributed by atoms with E-state index in [4.69, 9.17) is 9.15 Å². The molecule has 0 amide bonds. The highest BCUT2D eigenvalue weighted by Gasteiger charge is 2.22. The van der Waals surface area contributed by atoms with Crippen LogP contribution in [0.2, 0.25) is 0 Å². The Morgan fingerprint density at radius 3 is 2.35 bits per heavy atom. The van der Waals surface area contributed by atoms with Crippen molar-refractivity contribution in [3.8, 4) is 0 Å². The maximum Gasteiger partial charge on any atom is 0.118 e. The van der Waals surface area contributed by atoms with Crippen molar-refractivity contribution in [1.29, 1.82) is 0 Å². The first-order valence-electron chi connectivity index (χ1n) is 7.52. The van der Waals surface area contributed by atoms with E-state index in [1.807, 2.05) is 0 Å². The molecule has 2 atom stereocenters. The van der Waals surface area contributed by atoms with Gasteiger partial charge in [-0.1, -0.05) is 0 Å². The van der Waals surface area contributed by atoms with Crippen molar-refractivity contribution in [1.82, 2.24) is 10.2 Å². The van der Waals surface area contributed by atoms with Crippen molar-refractivity contribution in [3.63, 3.8) is 0 Å². The number of ether oxygens (including phenoxy) is 1. The van der Waals surface area contributed by atoms with Crippen molar-refractivity contribution in [3.05, 3.63) is 23.7 Å². The van der Waals surface area contributed by atoms with Gasteiger partial charge in [-0.05, 0) is 46.8 Å². The highest BCUT2D eigenvalue weighted by molar-refractivity contribution is 5.07. The average Bonchev–Trinajstić information content (AvgIpc) is 2.72. The molecule has 1 aliphatic heterocycles. The minimum absolute atomic E-state index is 0.113. The van der Waals surface area contributed by atoms with Crippen molar-refractivity contribution in [2.24, 2.45) is 0 Å². The first-order valence-corrected chi connectivity index (χ1v) is 7.52. The highest BCUT2D eigenvalue weighted by Crippen LogP contribution is 2.16. The zero-order valence-electron chi connectivity index (χ0n) is 13.4. The number of nitrogens with zero attached hydrogens (tertiary/aromatic N) is 1. The Labute approximate surface area is 122 Å². The molecule has 4 heteroatoms. The second kappa shape index (κ2) is 6.29. The van der Waals surface area contributed by atoms with Crippen molar-refractivity contribution < 1.29 is 9.15 Å². The van der Waals surface area contributed by atoms with Crippen LogP contribution in [0.15, 0.2) is 16.5 Å². The van der Waals surface area contributed by atoms with E-state index in [9.17, 15) is 0 Å². The van der Waals surface area contributed by atoms with Gasteiger partial charge in [0, 0.05) is 18.6 Å². The number of hydrogen-bond acceptors (Lipinski definition) is 4. The maximum absolute atomic E-state index is 5.91. The molecule has 0 aromatic carbocycles. The third-order valence-corrected chi connectivity index (χ3v) is 3.38. The minimum atomic E-state index is 0.113. The fraction of sp³-hybridized carbons (Fsp3) is 0.750. The van der Waals surface area contributed by atoms with Gasteiger partial charge in [0.25, 0.3) is 0 Å². The smallest absolute Gasteiger partial charge is 0.118 e. The molecular weight excluding hydrogens is 252 g/mol. The third-order valence-electron chi connectivity index (χ3n) is 3.38. The van der Waals surface area contributed by atoms with Crippen LogP contribution in [0.3, 0.4) is 0 Å². The van der Waals surface area contributed by atoms with Crippen LogP contribution >= 0.6 is 0 Å². The second-order valence-corrected chi connectivity index (χ2v) is 6.92. The first kappa shape index (κ1) is 15.5. The Morgan fingerprint density at radius 2 is 1.75 bits per heavy atom. The molecule has 0 bridgehead atoms. The Morgan fingerprint density at radius 1 is 1.15 bits per heavy atom. The van der Waals surface area contributed by atoms with Gasteiger partial charge in [-0.3, -0.25) is 4.90 Å². The molecule has 1 fully saturated rings. The summed E-state index contributed by atoms with van der Waals surface area (Å²) in [5, 5.41) is 3.44. The predicted molar refractivity (Wildman–Crippen MR) is 80.6 cm³/mol. The Bertz CT molecular complexity index is 412. The standard InChI is InChI=1S/C16H28N2O2/c1-12-9-18(10-13(2)19-12)11-15-7-6-14(20-15)8-17-16(3,4)5/h6-7,12-13,17H,8-11H2,1-5H3. The summed E-state index contributed by atoms with van der Waals surface area (Å²) in [7, 11) is 0. The molecule has 20 heavy (non-hydrogen) atoms. The predicted octanol–water partition coefficient (Wildman–Crippen LogP) is 2.78. The molecule has 0 saturated carbocycles. The fourth-order valence-electron chi connectivity index (χ4n) is 2.59. The lowest BCUT2D eigenvalue weighted by atomic mass is 10.1. The molecule has 1 aliphatic rings. The monoisotopic (exact) mass is 280 g/mol. The number of nitrogens with one attached hydrogen (secondary N) is 1. The summed E-state index contributed by atoms with van der Waals surface area (Å²) >= 11 is 0. The summed E-state index contributed by atoms with van der Waals surface area (Å²) in [6.07, 6.45) is 0.603. The summed E-state index contributed by atoms with van der Waals surface area (Å²) in [5.41, 5.74) is 0.113. The van der Waals surface area contributed by atoms with E-state index in [-0.39, 0.29) is 5.54 Å². The molecule has 2 unspecified atom stereocenters. The van der Waals surface area contributed by atoms with Crippen LogP contribution in [0, 0.1) is 0 Å². The molecule has 0 radical (unpaired) electrons. The van der Waals surface area contributed by atoms with E-state index >= 15 is 0 Å². The van der Waals surface area contributed by atoms with Gasteiger partial charge in [0.2, 0.25) is 0 Å². The lowest BCUT2D eigenvalue weighted by Gasteiger charge is -2.34. The maximum atomic E-state index is 5.91. The van der Waals surface area contributed by atoms with Crippen LogP contribution in [0.4, 0.5) is 0 Å². The average molecular weight is 280 g/mol. The van der Waals surface area contributed by atoms with Gasteiger partial charge in [-0.15, -0.1) is 0 Å². The molecule has 4 nitrogen and oxygen atoms in total. The zero-order valence-corrected chi connectivity index (χ0v) is 13.4. The van der Waals surface area contributed by atoms with E-state index < -0.39 is 0 Å². The van der Waals surface area contributed by atoms with Gasteiger partial charge in [-0.2, -0.15) is 0 Å². The number of rotatable bonds is 4. The molecule has 114 valence electrons. The van der Waals surface area contributed by atoms with Gasteiger partial charge < -0.3 is 14.5 Å². The Hall–Kier alpha value is -0.840. The summed E-state index contributed by atoms with van der Waals surface area (Å²) < 4.78 is 11.7. The van der Waals surface area contributed by atoms with Gasteiger partial charge >= 0.3 is 0 Å². The van der Waals surface area contributed by atoms with Gasteiger partial charge in [0.1, 0.15) is 11.5 Å². The normalized spacial score (nSPS) is 25.1. The number of furan rings is 1. The first-order chi connectivity index (χ1) is 9.32. The van der Waals surface area contributed by atoms with Crippen LogP contribution in [0.25, 0.3) is 0 Å². The van der Waals surface area contributed by atoms with Gasteiger partial charge in [0.05, 0.1) is 25.3 Å². The van der Waals surface area contributed by atoms with Crippen molar-refractivity contribution in [2.45, 2.75) is 65.5 Å². The summed E-state index contributed by atoms with van der Waals surface area (Å²) in [6.45, 7) is 14.3. The molecule has 1 N–H and O–H groups in total. The van der Waals surface area contributed by atoms with Gasteiger partial charge in [0.15, 0.2) is 0 Å². The highest BCUT2D eigenvalue weighted by atomic mass is 16.5. The Balaban J connectivity index is 1.86. The quantitative estimate of drug-likeness (QED) is 0.920. The molecule has 1 aromatic rings. The number of morpholine rings is 1. The minimum Gasteiger partial charge on any atom is -0.463 e. The van der Waals surface area contributed by atoms with Crippen molar-refractivity contribution >= 4 is 0 Å². The van der Waals surface area contributed by atoms with E-state index in [1.165, 1.54) is 0 Å². The van der Waals surface area contributed by atoms with Crippen molar-refractivity contribution in [2.75, 3.05) is 13.1 Å². The van der Waals surface area contributed by atoms with Crippen LogP contribution in [0.1, 0.15) is 46.1 Å². The van der Waals surface area contributed by atoms with Crippen LogP contribution < -0.4 is 5.32 Å². The molecule has 0 aliphatic carbocycles. The number of hydrogen-bond donors (Lipinski definition) is 1. The fourth-order valence-corrected chi connectivity index (χ4v) is 2.59. The SMILES string of the molecule is CC1CN(Cc2ccc(CNC(C)(C)C)o2)CC(C)O1. The van der Waals surface area contributed by atoms with E-state index in [0.29, 0.717) is 12.2 Å². The topological polar surface area (TPSA) is 37.6 Å². The molecule has 2 rings (SSSR count). The van der Waals surface area contributed by atoms with E-state index in [2.05, 4.69) is 57.0 Å². The summed E-state index contributed by atoms with van der Waals surface area (Å²) in [4.78, 5) is 2.40. The van der Waals surface area contributed by atoms with E-state index in [1.54, 1.807) is 0 Å². The molecule has 1 aromatic heterocycles. The molecule has 0 spiro atoms. The summed E-state index contributed by atoms with van der Waals surface area (Å²) in [6, 6.07) is 4.16. The third kappa shape index (κ3) is 4.93. The van der Waals surface area contributed by atoms with Gasteiger partial charge in [-0.25, -0.2) is 0 Å². The molecular formula is C16H28N2O2. The summed E-state index contributed by atoms with van der Waals surface area (Å²) in [5.74, 6) is 2.04. The molecule has 2 heterocycles. The van der Waals surface area contributed by atoms with Crippen LogP contribution in [-0.2, 0) is 17.8 Å². The van der Waals surface area contributed by atoms with E-state index in [0.717, 1.165) is 37.7 Å². The Kier molecular flexibility index (Phi) is 4.89.